The Morgan fingerprint density at radius 2 is 1.94 bits per heavy atom. The number of aromatic nitrogens is 2. The van der Waals surface area contributed by atoms with E-state index in [1.165, 1.54) is 17.9 Å². The van der Waals surface area contributed by atoms with Crippen molar-refractivity contribution in [3.05, 3.63) is 56.8 Å². The van der Waals surface area contributed by atoms with Crippen LogP contribution in [-0.4, -0.2) is 16.9 Å². The van der Waals surface area contributed by atoms with E-state index in [4.69, 9.17) is 4.74 Å². The fraction of sp³-hybridized carbons (Fsp3) is 0.167. The molecular formula is C12H11BrN2O2. The largest absolute Gasteiger partial charge is 0.480 e. The minimum atomic E-state index is -0.145. The average molecular weight is 295 g/mol. The molecule has 0 aliphatic carbocycles. The van der Waals surface area contributed by atoms with Gasteiger partial charge in [-0.2, -0.15) is 0 Å². The second-order valence-corrected chi connectivity index (χ2v) is 4.41. The van der Waals surface area contributed by atoms with Crippen molar-refractivity contribution in [3.8, 4) is 5.88 Å². The van der Waals surface area contributed by atoms with Crippen LogP contribution in [0.25, 0.3) is 0 Å². The van der Waals surface area contributed by atoms with Crippen LogP contribution < -0.4 is 10.3 Å². The molecule has 0 aliphatic heterocycles. The molecule has 2 rings (SSSR count). The maximum Gasteiger partial charge on any atom is 0.267 e. The normalized spacial score (nSPS) is 10.2. The van der Waals surface area contributed by atoms with Crippen molar-refractivity contribution in [1.82, 2.24) is 9.78 Å². The summed E-state index contributed by atoms with van der Waals surface area (Å²) in [5, 5.41) is 4.08. The molecular weight excluding hydrogens is 284 g/mol. The highest BCUT2D eigenvalue weighted by Crippen LogP contribution is 2.11. The summed E-state index contributed by atoms with van der Waals surface area (Å²) in [4.78, 5) is 11.6. The molecule has 88 valence electrons. The van der Waals surface area contributed by atoms with E-state index in [1.807, 2.05) is 24.3 Å². The third-order valence-electron chi connectivity index (χ3n) is 2.30. The fourth-order valence-electron chi connectivity index (χ4n) is 1.42. The number of ether oxygens (including phenoxy) is 1. The summed E-state index contributed by atoms with van der Waals surface area (Å²) in [6, 6.07) is 10.8. The van der Waals surface area contributed by atoms with Gasteiger partial charge in [0.05, 0.1) is 13.7 Å². The zero-order valence-electron chi connectivity index (χ0n) is 9.26. The van der Waals surface area contributed by atoms with Gasteiger partial charge in [0, 0.05) is 16.6 Å². The Morgan fingerprint density at radius 3 is 2.59 bits per heavy atom. The first-order chi connectivity index (χ1) is 8.19. The molecule has 0 N–H and O–H groups in total. The van der Waals surface area contributed by atoms with Crippen LogP contribution in [0.4, 0.5) is 0 Å². The summed E-state index contributed by atoms with van der Waals surface area (Å²) in [5.74, 6) is 0.432. The summed E-state index contributed by atoms with van der Waals surface area (Å²) in [5.41, 5.74) is 0.866. The molecule has 0 bridgehead atoms. The SMILES string of the molecule is COc1ccc(=O)n(Cc2ccc(Br)cc2)n1. The van der Waals surface area contributed by atoms with E-state index in [0.29, 0.717) is 12.4 Å². The smallest absolute Gasteiger partial charge is 0.267 e. The molecule has 0 saturated heterocycles. The van der Waals surface area contributed by atoms with Crippen LogP contribution in [0.3, 0.4) is 0 Å². The van der Waals surface area contributed by atoms with Gasteiger partial charge in [0.25, 0.3) is 5.56 Å². The fourth-order valence-corrected chi connectivity index (χ4v) is 1.68. The van der Waals surface area contributed by atoms with Crippen molar-refractivity contribution in [3.63, 3.8) is 0 Å². The zero-order chi connectivity index (χ0) is 12.3. The number of rotatable bonds is 3. The number of methoxy groups -OCH3 is 1. The molecule has 0 aliphatic rings. The molecule has 1 aromatic heterocycles. The van der Waals surface area contributed by atoms with Gasteiger partial charge in [-0.25, -0.2) is 4.68 Å². The highest BCUT2D eigenvalue weighted by molar-refractivity contribution is 9.10. The molecule has 0 fully saturated rings. The standard InChI is InChI=1S/C12H11BrN2O2/c1-17-11-6-7-12(16)15(14-11)8-9-2-4-10(13)5-3-9/h2-7H,8H2,1H3. The number of halogens is 1. The highest BCUT2D eigenvalue weighted by Gasteiger charge is 2.01. The molecule has 0 unspecified atom stereocenters. The van der Waals surface area contributed by atoms with Gasteiger partial charge < -0.3 is 4.74 Å². The Labute approximate surface area is 107 Å². The third kappa shape index (κ3) is 2.94. The summed E-state index contributed by atoms with van der Waals surface area (Å²) < 4.78 is 7.37. The zero-order valence-corrected chi connectivity index (χ0v) is 10.8. The van der Waals surface area contributed by atoms with Crippen LogP contribution in [0.2, 0.25) is 0 Å². The van der Waals surface area contributed by atoms with Gasteiger partial charge in [0.2, 0.25) is 5.88 Å². The number of nitrogens with zero attached hydrogens (tertiary/aromatic N) is 2. The maximum absolute atomic E-state index is 11.6. The van der Waals surface area contributed by atoms with Gasteiger partial charge in [-0.05, 0) is 17.7 Å². The number of hydrogen-bond acceptors (Lipinski definition) is 3. The first-order valence-corrected chi connectivity index (χ1v) is 5.85. The van der Waals surface area contributed by atoms with Crippen molar-refractivity contribution < 1.29 is 4.74 Å². The Kier molecular flexibility index (Phi) is 3.58. The second-order valence-electron chi connectivity index (χ2n) is 3.50. The molecule has 1 aromatic carbocycles. The molecule has 1 heterocycles. The van der Waals surface area contributed by atoms with Gasteiger partial charge in [-0.15, -0.1) is 5.10 Å². The van der Waals surface area contributed by atoms with E-state index in [9.17, 15) is 4.79 Å². The van der Waals surface area contributed by atoms with Crippen LogP contribution in [0.1, 0.15) is 5.56 Å². The Bertz CT molecular complexity index is 563. The first kappa shape index (κ1) is 11.9. The molecule has 0 radical (unpaired) electrons. The predicted octanol–water partition coefficient (Wildman–Crippen LogP) is 2.06. The van der Waals surface area contributed by atoms with Crippen LogP contribution >= 0.6 is 15.9 Å². The van der Waals surface area contributed by atoms with Crippen molar-refractivity contribution in [2.45, 2.75) is 6.54 Å². The van der Waals surface area contributed by atoms with Gasteiger partial charge in [0.1, 0.15) is 0 Å². The maximum atomic E-state index is 11.6. The van der Waals surface area contributed by atoms with E-state index < -0.39 is 0 Å². The van der Waals surface area contributed by atoms with Crippen molar-refractivity contribution in [1.29, 1.82) is 0 Å². The van der Waals surface area contributed by atoms with Gasteiger partial charge >= 0.3 is 0 Å². The molecule has 0 saturated carbocycles. The Hall–Kier alpha value is -1.62. The lowest BCUT2D eigenvalue weighted by Crippen LogP contribution is -2.22. The van der Waals surface area contributed by atoms with Crippen LogP contribution in [0, 0.1) is 0 Å². The molecule has 0 atom stereocenters. The molecule has 5 heteroatoms. The lowest BCUT2D eigenvalue weighted by atomic mass is 10.2. The number of benzene rings is 1. The van der Waals surface area contributed by atoms with E-state index in [-0.39, 0.29) is 5.56 Å². The minimum Gasteiger partial charge on any atom is -0.480 e. The quantitative estimate of drug-likeness (QED) is 0.870. The average Bonchev–Trinajstić information content (AvgIpc) is 2.35. The van der Waals surface area contributed by atoms with E-state index in [2.05, 4.69) is 21.0 Å². The molecule has 4 nitrogen and oxygen atoms in total. The predicted molar refractivity (Wildman–Crippen MR) is 68.3 cm³/mol. The monoisotopic (exact) mass is 294 g/mol. The van der Waals surface area contributed by atoms with E-state index >= 15 is 0 Å². The summed E-state index contributed by atoms with van der Waals surface area (Å²) >= 11 is 3.36. The Morgan fingerprint density at radius 1 is 1.24 bits per heavy atom. The second kappa shape index (κ2) is 5.14. The van der Waals surface area contributed by atoms with Crippen LogP contribution in [-0.2, 0) is 6.54 Å². The number of hydrogen-bond donors (Lipinski definition) is 0. The topological polar surface area (TPSA) is 44.1 Å². The summed E-state index contributed by atoms with van der Waals surface area (Å²) in [6.07, 6.45) is 0. The molecule has 0 spiro atoms. The first-order valence-electron chi connectivity index (χ1n) is 5.05. The van der Waals surface area contributed by atoms with Crippen LogP contribution in [0.5, 0.6) is 5.88 Å². The third-order valence-corrected chi connectivity index (χ3v) is 2.83. The lowest BCUT2D eigenvalue weighted by molar-refractivity contribution is 0.379. The van der Waals surface area contributed by atoms with Crippen molar-refractivity contribution >= 4 is 15.9 Å². The van der Waals surface area contributed by atoms with Gasteiger partial charge in [-0.3, -0.25) is 4.79 Å². The van der Waals surface area contributed by atoms with Gasteiger partial charge in [0.15, 0.2) is 0 Å². The Balaban J connectivity index is 2.29. The van der Waals surface area contributed by atoms with Crippen molar-refractivity contribution in [2.24, 2.45) is 0 Å². The molecule has 0 amide bonds. The molecule has 17 heavy (non-hydrogen) atoms. The lowest BCUT2D eigenvalue weighted by Gasteiger charge is -2.06. The highest BCUT2D eigenvalue weighted by atomic mass is 79.9. The molecule has 2 aromatic rings. The van der Waals surface area contributed by atoms with E-state index in [0.717, 1.165) is 10.0 Å². The van der Waals surface area contributed by atoms with Crippen molar-refractivity contribution in [2.75, 3.05) is 7.11 Å². The minimum absolute atomic E-state index is 0.145. The summed E-state index contributed by atoms with van der Waals surface area (Å²) in [6.45, 7) is 0.434. The summed E-state index contributed by atoms with van der Waals surface area (Å²) in [7, 11) is 1.52. The van der Waals surface area contributed by atoms with Gasteiger partial charge in [-0.1, -0.05) is 28.1 Å². The van der Waals surface area contributed by atoms with E-state index in [1.54, 1.807) is 6.07 Å². The van der Waals surface area contributed by atoms with Crippen LogP contribution in [0.15, 0.2) is 45.7 Å².